The molecule has 4 rings (SSSR count). The first-order valence-electron chi connectivity index (χ1n) is 11.3. The number of carbonyl (C=O) groups excluding carboxylic acids is 1. The van der Waals surface area contributed by atoms with E-state index < -0.39 is 30.6 Å². The molecule has 4 aliphatic rings. The van der Waals surface area contributed by atoms with Gasteiger partial charge in [-0.2, -0.15) is 13.2 Å². The molecule has 5 atom stereocenters. The van der Waals surface area contributed by atoms with Gasteiger partial charge < -0.3 is 5.32 Å². The molecule has 3 saturated heterocycles. The van der Waals surface area contributed by atoms with Gasteiger partial charge in [-0.25, -0.2) is 4.39 Å². The number of likely N-dealkylation sites (tertiary alicyclic amines) is 1. The Morgan fingerprint density at radius 3 is 2.50 bits per heavy atom. The number of halogens is 4. The summed E-state index contributed by atoms with van der Waals surface area (Å²) in [4.78, 5) is 13.5. The number of hydrogen-bond donors (Lipinski definition) is 4. The molecule has 30 heavy (non-hydrogen) atoms. The Bertz CT molecular complexity index is 598. The third kappa shape index (κ3) is 4.92. The van der Waals surface area contributed by atoms with Crippen LogP contribution in [0.2, 0.25) is 0 Å². The first-order chi connectivity index (χ1) is 14.3. The first-order valence-corrected chi connectivity index (χ1v) is 11.3. The number of nitrogens with zero attached hydrogens (tertiary/aromatic N) is 1. The van der Waals surface area contributed by atoms with Crippen LogP contribution in [0.4, 0.5) is 17.6 Å². The summed E-state index contributed by atoms with van der Waals surface area (Å²) in [5.41, 5.74) is 0. The highest BCUT2D eigenvalue weighted by atomic mass is 19.4. The minimum atomic E-state index is -4.10. The lowest BCUT2D eigenvalue weighted by Crippen LogP contribution is -2.69. The molecular weight excluding hydrogens is 402 g/mol. The van der Waals surface area contributed by atoms with Crippen molar-refractivity contribution in [2.75, 3.05) is 19.8 Å². The number of hydrogen-bond acceptors (Lipinski definition) is 5. The normalized spacial score (nSPS) is 41.2. The van der Waals surface area contributed by atoms with Crippen LogP contribution < -0.4 is 21.3 Å². The maximum absolute atomic E-state index is 15.4. The van der Waals surface area contributed by atoms with E-state index in [4.69, 9.17) is 0 Å². The van der Waals surface area contributed by atoms with Crippen molar-refractivity contribution in [3.63, 3.8) is 0 Å². The Morgan fingerprint density at radius 2 is 1.83 bits per heavy atom. The third-order valence-corrected chi connectivity index (χ3v) is 7.40. The van der Waals surface area contributed by atoms with Gasteiger partial charge in [-0.05, 0) is 50.9 Å². The van der Waals surface area contributed by atoms with Crippen LogP contribution in [-0.2, 0) is 4.79 Å². The molecule has 4 N–H and O–H groups in total. The largest absolute Gasteiger partial charge is 0.391 e. The smallest absolute Gasteiger partial charge is 0.352 e. The van der Waals surface area contributed by atoms with Crippen molar-refractivity contribution in [2.24, 2.45) is 11.8 Å². The molecule has 10 heteroatoms. The molecule has 172 valence electrons. The summed E-state index contributed by atoms with van der Waals surface area (Å²) in [6.45, 7) is 1.75. The predicted molar refractivity (Wildman–Crippen MR) is 104 cm³/mol. The molecule has 1 aliphatic carbocycles. The van der Waals surface area contributed by atoms with Gasteiger partial charge in [0.05, 0.1) is 18.2 Å². The fraction of sp³-hybridized carbons (Fsp3) is 0.950. The van der Waals surface area contributed by atoms with Gasteiger partial charge in [0.2, 0.25) is 5.91 Å². The highest BCUT2D eigenvalue weighted by Gasteiger charge is 2.46. The van der Waals surface area contributed by atoms with Crippen LogP contribution in [0.25, 0.3) is 0 Å². The summed E-state index contributed by atoms with van der Waals surface area (Å²) in [6.07, 6.45) is -1.60. The van der Waals surface area contributed by atoms with Crippen molar-refractivity contribution in [3.05, 3.63) is 0 Å². The second-order valence-corrected chi connectivity index (χ2v) is 9.26. The van der Waals surface area contributed by atoms with E-state index in [1.54, 1.807) is 0 Å². The van der Waals surface area contributed by atoms with Crippen LogP contribution in [0, 0.1) is 11.8 Å². The SMILES string of the molecule is O=C1CCC(CNC2NCNC(N3CCCC3C3CCC(C(F)(F)F)CC3)C2F)N1. The van der Waals surface area contributed by atoms with E-state index in [1.165, 1.54) is 0 Å². The lowest BCUT2D eigenvalue weighted by atomic mass is 9.77. The van der Waals surface area contributed by atoms with Crippen LogP contribution in [0.3, 0.4) is 0 Å². The Hall–Kier alpha value is -0.970. The zero-order valence-corrected chi connectivity index (χ0v) is 17.2. The van der Waals surface area contributed by atoms with Crippen molar-refractivity contribution in [3.8, 4) is 0 Å². The van der Waals surface area contributed by atoms with Gasteiger partial charge in [-0.3, -0.25) is 25.6 Å². The molecule has 0 aromatic heterocycles. The zero-order valence-electron chi connectivity index (χ0n) is 17.2. The maximum atomic E-state index is 15.4. The number of amides is 1. The van der Waals surface area contributed by atoms with Gasteiger partial charge >= 0.3 is 6.18 Å². The van der Waals surface area contributed by atoms with Gasteiger partial charge in [0.25, 0.3) is 0 Å². The van der Waals surface area contributed by atoms with Crippen molar-refractivity contribution >= 4 is 5.91 Å². The molecular formula is C20H33F4N5O. The van der Waals surface area contributed by atoms with Crippen LogP contribution in [0.5, 0.6) is 0 Å². The number of nitrogens with one attached hydrogen (secondary N) is 4. The predicted octanol–water partition coefficient (Wildman–Crippen LogP) is 1.83. The Balaban J connectivity index is 1.32. The Labute approximate surface area is 174 Å². The Kier molecular flexibility index (Phi) is 6.86. The van der Waals surface area contributed by atoms with Crippen LogP contribution in [-0.4, -0.2) is 67.3 Å². The van der Waals surface area contributed by atoms with Gasteiger partial charge in [0.15, 0.2) is 6.17 Å². The molecule has 0 aromatic carbocycles. The van der Waals surface area contributed by atoms with Gasteiger partial charge in [-0.15, -0.1) is 0 Å². The second kappa shape index (κ2) is 9.26. The highest BCUT2D eigenvalue weighted by Crippen LogP contribution is 2.43. The second-order valence-electron chi connectivity index (χ2n) is 9.26. The average molecular weight is 436 g/mol. The molecule has 0 radical (unpaired) electrons. The van der Waals surface area contributed by atoms with Crippen LogP contribution in [0.15, 0.2) is 0 Å². The zero-order chi connectivity index (χ0) is 21.3. The standard InChI is InChI=1S/C20H33F4N5O/c21-17-18(25-10-14-7-8-16(30)28-14)26-11-27-19(17)29-9-1-2-15(29)12-3-5-13(6-4-12)20(22,23)24/h12-15,17-19,25-27H,1-11H2,(H,28,30). The van der Waals surface area contributed by atoms with E-state index >= 15 is 4.39 Å². The van der Waals surface area contributed by atoms with Crippen molar-refractivity contribution < 1.29 is 22.4 Å². The lowest BCUT2D eigenvalue weighted by molar-refractivity contribution is -0.185. The summed E-state index contributed by atoms with van der Waals surface area (Å²) in [5, 5.41) is 12.4. The van der Waals surface area contributed by atoms with E-state index in [2.05, 4.69) is 26.2 Å². The van der Waals surface area contributed by atoms with Crippen LogP contribution >= 0.6 is 0 Å². The lowest BCUT2D eigenvalue weighted by Gasteiger charge is -2.45. The van der Waals surface area contributed by atoms with E-state index in [0.717, 1.165) is 25.8 Å². The monoisotopic (exact) mass is 435 g/mol. The summed E-state index contributed by atoms with van der Waals surface area (Å²) in [6, 6.07) is 0.172. The summed E-state index contributed by atoms with van der Waals surface area (Å²) >= 11 is 0. The van der Waals surface area contributed by atoms with Crippen molar-refractivity contribution in [1.29, 1.82) is 0 Å². The summed E-state index contributed by atoms with van der Waals surface area (Å²) < 4.78 is 54.4. The number of carbonyl (C=O) groups is 1. The minimum Gasteiger partial charge on any atom is -0.352 e. The minimum absolute atomic E-state index is 0.0307. The van der Waals surface area contributed by atoms with E-state index in [1.807, 2.05) is 0 Å². The van der Waals surface area contributed by atoms with E-state index in [0.29, 0.717) is 32.5 Å². The van der Waals surface area contributed by atoms with Gasteiger partial charge in [-0.1, -0.05) is 0 Å². The maximum Gasteiger partial charge on any atom is 0.391 e. The molecule has 1 amide bonds. The molecule has 4 fully saturated rings. The average Bonchev–Trinajstić information content (AvgIpc) is 3.36. The molecule has 3 heterocycles. The topological polar surface area (TPSA) is 68.4 Å². The molecule has 0 bridgehead atoms. The van der Waals surface area contributed by atoms with Gasteiger partial charge in [0.1, 0.15) is 0 Å². The first kappa shape index (κ1) is 22.2. The summed E-state index contributed by atoms with van der Waals surface area (Å²) in [5.74, 6) is -0.941. The van der Waals surface area contributed by atoms with E-state index in [-0.39, 0.29) is 36.8 Å². The Morgan fingerprint density at radius 1 is 1.07 bits per heavy atom. The molecule has 0 spiro atoms. The van der Waals surface area contributed by atoms with Crippen molar-refractivity contribution in [2.45, 2.75) is 88.1 Å². The summed E-state index contributed by atoms with van der Waals surface area (Å²) in [7, 11) is 0. The molecule has 5 unspecified atom stereocenters. The number of rotatable bonds is 5. The number of alkyl halides is 4. The van der Waals surface area contributed by atoms with Crippen LogP contribution in [0.1, 0.15) is 51.4 Å². The van der Waals surface area contributed by atoms with E-state index in [9.17, 15) is 18.0 Å². The molecule has 6 nitrogen and oxygen atoms in total. The highest BCUT2D eigenvalue weighted by molar-refractivity contribution is 5.78. The fourth-order valence-corrected chi connectivity index (χ4v) is 5.76. The molecule has 0 aromatic rings. The molecule has 1 saturated carbocycles. The third-order valence-electron chi connectivity index (χ3n) is 7.40. The van der Waals surface area contributed by atoms with Crippen molar-refractivity contribution in [1.82, 2.24) is 26.2 Å². The molecule has 3 aliphatic heterocycles. The quantitative estimate of drug-likeness (QED) is 0.496. The fourth-order valence-electron chi connectivity index (χ4n) is 5.76. The van der Waals surface area contributed by atoms with Gasteiger partial charge in [0, 0.05) is 38.3 Å².